The van der Waals surface area contributed by atoms with Gasteiger partial charge >= 0.3 is 5.97 Å². The van der Waals surface area contributed by atoms with Gasteiger partial charge in [-0.05, 0) is 61.2 Å². The molecule has 0 aliphatic carbocycles. The number of anilines is 1. The van der Waals surface area contributed by atoms with Crippen LogP contribution in [0.2, 0.25) is 5.02 Å². The predicted molar refractivity (Wildman–Crippen MR) is 101 cm³/mol. The highest BCUT2D eigenvalue weighted by Gasteiger charge is 2.07. The van der Waals surface area contributed by atoms with Crippen LogP contribution in [-0.4, -0.2) is 18.5 Å². The summed E-state index contributed by atoms with van der Waals surface area (Å²) in [6, 6.07) is 11.2. The van der Waals surface area contributed by atoms with Crippen molar-refractivity contribution in [2.75, 3.05) is 11.9 Å². The van der Waals surface area contributed by atoms with E-state index in [2.05, 4.69) is 5.32 Å². The third-order valence-corrected chi connectivity index (χ3v) is 4.03. The summed E-state index contributed by atoms with van der Waals surface area (Å²) in [5, 5.41) is 3.36. The molecule has 2 rings (SSSR count). The molecule has 2 aromatic carbocycles. The maximum Gasteiger partial charge on any atom is 0.331 e. The van der Waals surface area contributed by atoms with Gasteiger partial charge < -0.3 is 10.1 Å². The van der Waals surface area contributed by atoms with Gasteiger partial charge in [-0.25, -0.2) is 4.79 Å². The normalized spacial score (nSPS) is 10.7. The van der Waals surface area contributed by atoms with Gasteiger partial charge in [0.1, 0.15) is 0 Å². The molecule has 0 aliphatic rings. The first-order chi connectivity index (χ1) is 11.8. The molecule has 0 aliphatic heterocycles. The van der Waals surface area contributed by atoms with Gasteiger partial charge in [0, 0.05) is 16.8 Å². The van der Waals surface area contributed by atoms with E-state index in [0.29, 0.717) is 10.7 Å². The lowest BCUT2D eigenvalue weighted by Gasteiger charge is -2.09. The quantitative estimate of drug-likeness (QED) is 0.635. The van der Waals surface area contributed by atoms with Gasteiger partial charge in [0.15, 0.2) is 6.61 Å². The number of nitrogens with one attached hydrogen (secondary N) is 1. The number of benzene rings is 2. The number of carbonyl (C=O) groups excluding carboxylic acids is 2. The molecule has 0 atom stereocenters. The van der Waals surface area contributed by atoms with Crippen molar-refractivity contribution in [1.82, 2.24) is 0 Å². The van der Waals surface area contributed by atoms with Gasteiger partial charge in [-0.1, -0.05) is 35.9 Å². The van der Waals surface area contributed by atoms with E-state index in [1.165, 1.54) is 6.08 Å². The number of esters is 1. The summed E-state index contributed by atoms with van der Waals surface area (Å²) in [5.74, 6) is -0.971. The van der Waals surface area contributed by atoms with Gasteiger partial charge in [0.2, 0.25) is 0 Å². The Labute approximate surface area is 152 Å². The summed E-state index contributed by atoms with van der Waals surface area (Å²) < 4.78 is 4.95. The van der Waals surface area contributed by atoms with Crippen LogP contribution in [0.15, 0.2) is 42.5 Å². The van der Waals surface area contributed by atoms with E-state index in [-0.39, 0.29) is 12.5 Å². The lowest BCUT2D eigenvalue weighted by Crippen LogP contribution is -2.20. The minimum Gasteiger partial charge on any atom is -0.452 e. The lowest BCUT2D eigenvalue weighted by atomic mass is 10.1. The molecule has 0 heterocycles. The van der Waals surface area contributed by atoms with Crippen molar-refractivity contribution in [1.29, 1.82) is 0 Å². The van der Waals surface area contributed by atoms with Crippen molar-refractivity contribution in [2.45, 2.75) is 20.8 Å². The number of hydrogen-bond donors (Lipinski definition) is 1. The summed E-state index contributed by atoms with van der Waals surface area (Å²) in [7, 11) is 0. The Morgan fingerprint density at radius 2 is 1.80 bits per heavy atom. The van der Waals surface area contributed by atoms with Crippen LogP contribution >= 0.6 is 11.6 Å². The molecule has 0 aromatic heterocycles. The molecule has 1 N–H and O–H groups in total. The Bertz CT molecular complexity index is 828. The van der Waals surface area contributed by atoms with E-state index >= 15 is 0 Å². The van der Waals surface area contributed by atoms with E-state index in [0.717, 1.165) is 22.3 Å². The maximum absolute atomic E-state index is 11.9. The Morgan fingerprint density at radius 1 is 1.08 bits per heavy atom. The lowest BCUT2D eigenvalue weighted by molar-refractivity contribution is -0.142. The molecule has 4 nitrogen and oxygen atoms in total. The molecule has 130 valence electrons. The van der Waals surface area contributed by atoms with E-state index < -0.39 is 5.97 Å². The van der Waals surface area contributed by atoms with Gasteiger partial charge in [-0.2, -0.15) is 0 Å². The van der Waals surface area contributed by atoms with Crippen LogP contribution < -0.4 is 5.32 Å². The summed E-state index contributed by atoms with van der Waals surface area (Å²) in [6.07, 6.45) is 2.86. The van der Waals surface area contributed by atoms with Crippen LogP contribution in [-0.2, 0) is 14.3 Å². The zero-order valence-electron chi connectivity index (χ0n) is 14.4. The molecule has 0 bridgehead atoms. The van der Waals surface area contributed by atoms with Crippen molar-refractivity contribution in [3.63, 3.8) is 0 Å². The Kier molecular flexibility index (Phi) is 6.37. The fraction of sp³-hybridized carbons (Fsp3) is 0.200. The van der Waals surface area contributed by atoms with Crippen molar-refractivity contribution in [3.8, 4) is 0 Å². The molecule has 0 unspecified atom stereocenters. The highest BCUT2D eigenvalue weighted by atomic mass is 35.5. The van der Waals surface area contributed by atoms with E-state index in [1.807, 2.05) is 51.1 Å². The highest BCUT2D eigenvalue weighted by molar-refractivity contribution is 6.31. The van der Waals surface area contributed by atoms with Crippen LogP contribution in [0.25, 0.3) is 6.08 Å². The van der Waals surface area contributed by atoms with Gasteiger partial charge in [0.05, 0.1) is 0 Å². The molecule has 25 heavy (non-hydrogen) atoms. The number of hydrogen-bond acceptors (Lipinski definition) is 3. The second kappa shape index (κ2) is 8.49. The van der Waals surface area contributed by atoms with Crippen molar-refractivity contribution >= 4 is 35.2 Å². The topological polar surface area (TPSA) is 55.4 Å². The van der Waals surface area contributed by atoms with Crippen LogP contribution in [0.3, 0.4) is 0 Å². The average Bonchev–Trinajstić information content (AvgIpc) is 2.57. The summed E-state index contributed by atoms with van der Waals surface area (Å²) >= 11 is 6.03. The monoisotopic (exact) mass is 357 g/mol. The summed E-state index contributed by atoms with van der Waals surface area (Å²) in [6.45, 7) is 5.40. The van der Waals surface area contributed by atoms with E-state index in [4.69, 9.17) is 16.3 Å². The summed E-state index contributed by atoms with van der Waals surface area (Å²) in [4.78, 5) is 23.6. The molecule has 0 fully saturated rings. The zero-order valence-corrected chi connectivity index (χ0v) is 15.2. The van der Waals surface area contributed by atoms with Crippen LogP contribution in [0.4, 0.5) is 5.69 Å². The van der Waals surface area contributed by atoms with E-state index in [9.17, 15) is 9.59 Å². The minimum absolute atomic E-state index is 0.342. The molecule has 0 saturated heterocycles. The molecule has 0 saturated carbocycles. The van der Waals surface area contributed by atoms with Gasteiger partial charge in [-0.15, -0.1) is 0 Å². The minimum atomic E-state index is -0.590. The standard InChI is InChI=1S/C20H20ClNO3/c1-13-4-5-15(3)18(10-13)22-19(23)12-25-20(24)9-8-16-7-6-14(2)17(21)11-16/h4-11H,12H2,1-3H3,(H,22,23)/b9-8+. The number of rotatable bonds is 5. The molecule has 1 amide bonds. The second-order valence-corrected chi connectivity index (χ2v) is 6.22. The number of halogens is 1. The highest BCUT2D eigenvalue weighted by Crippen LogP contribution is 2.18. The average molecular weight is 358 g/mol. The van der Waals surface area contributed by atoms with Crippen LogP contribution in [0, 0.1) is 20.8 Å². The molecule has 0 spiro atoms. The van der Waals surface area contributed by atoms with Crippen molar-refractivity contribution in [2.24, 2.45) is 0 Å². The third kappa shape index (κ3) is 5.76. The molecule has 0 radical (unpaired) electrons. The van der Waals surface area contributed by atoms with Gasteiger partial charge in [-0.3, -0.25) is 4.79 Å². The van der Waals surface area contributed by atoms with Crippen molar-refractivity contribution in [3.05, 3.63) is 69.8 Å². The zero-order chi connectivity index (χ0) is 18.4. The Morgan fingerprint density at radius 3 is 2.52 bits per heavy atom. The Hall–Kier alpha value is -2.59. The summed E-state index contributed by atoms with van der Waals surface area (Å²) in [5.41, 5.74) is 4.45. The first-order valence-electron chi connectivity index (χ1n) is 7.83. The second-order valence-electron chi connectivity index (χ2n) is 5.82. The third-order valence-electron chi connectivity index (χ3n) is 3.62. The smallest absolute Gasteiger partial charge is 0.331 e. The fourth-order valence-electron chi connectivity index (χ4n) is 2.12. The van der Waals surface area contributed by atoms with Crippen molar-refractivity contribution < 1.29 is 14.3 Å². The number of ether oxygens (including phenoxy) is 1. The fourth-order valence-corrected chi connectivity index (χ4v) is 2.31. The molecule has 5 heteroatoms. The number of amides is 1. The SMILES string of the molecule is Cc1ccc(C)c(NC(=O)COC(=O)/C=C/c2ccc(C)c(Cl)c2)c1. The molecular weight excluding hydrogens is 338 g/mol. The molecule has 2 aromatic rings. The predicted octanol–water partition coefficient (Wildman–Crippen LogP) is 4.46. The first-order valence-corrected chi connectivity index (χ1v) is 8.21. The molecular formula is C20H20ClNO3. The van der Waals surface area contributed by atoms with E-state index in [1.54, 1.807) is 12.1 Å². The first kappa shape index (κ1) is 18.7. The Balaban J connectivity index is 1.86. The van der Waals surface area contributed by atoms with Crippen LogP contribution in [0.5, 0.6) is 0 Å². The maximum atomic E-state index is 11.9. The van der Waals surface area contributed by atoms with Crippen LogP contribution in [0.1, 0.15) is 22.3 Å². The number of aryl methyl sites for hydroxylation is 3. The number of carbonyl (C=O) groups is 2. The largest absolute Gasteiger partial charge is 0.452 e. The van der Waals surface area contributed by atoms with Gasteiger partial charge in [0.25, 0.3) is 5.91 Å².